The summed E-state index contributed by atoms with van der Waals surface area (Å²) in [4.78, 5) is 16.7. The third kappa shape index (κ3) is 2.66. The van der Waals surface area contributed by atoms with E-state index in [4.69, 9.17) is 16.3 Å². The van der Waals surface area contributed by atoms with Crippen molar-refractivity contribution in [1.82, 2.24) is 4.98 Å². The average Bonchev–Trinajstić information content (AvgIpc) is 2.99. The fourth-order valence-electron chi connectivity index (χ4n) is 1.85. The quantitative estimate of drug-likeness (QED) is 0.535. The number of carbonyl (C=O) groups is 1. The van der Waals surface area contributed by atoms with Crippen molar-refractivity contribution in [3.63, 3.8) is 0 Å². The molecule has 2 heterocycles. The molecule has 0 bridgehead atoms. The van der Waals surface area contributed by atoms with Crippen molar-refractivity contribution in [3.05, 3.63) is 63.4 Å². The van der Waals surface area contributed by atoms with Gasteiger partial charge in [0.1, 0.15) is 16.6 Å². The summed E-state index contributed by atoms with van der Waals surface area (Å²) in [6.45, 7) is 0.118. The summed E-state index contributed by atoms with van der Waals surface area (Å²) in [5.74, 6) is -0.343. The molecule has 0 radical (unpaired) electrons. The first-order valence-corrected chi connectivity index (χ1v) is 7.24. The molecule has 0 N–H and O–H groups in total. The molecule has 0 aliphatic heterocycles. The molecule has 0 atom stereocenters. The van der Waals surface area contributed by atoms with E-state index in [1.165, 1.54) is 11.3 Å². The second kappa shape index (κ2) is 5.61. The van der Waals surface area contributed by atoms with Crippen LogP contribution in [0.15, 0.2) is 47.8 Å². The maximum atomic E-state index is 11.8. The van der Waals surface area contributed by atoms with Gasteiger partial charge in [-0.3, -0.25) is 0 Å². The van der Waals surface area contributed by atoms with E-state index in [2.05, 4.69) is 4.98 Å². The Morgan fingerprint density at radius 3 is 2.90 bits per heavy atom. The van der Waals surface area contributed by atoms with Crippen LogP contribution in [-0.4, -0.2) is 11.0 Å². The molecule has 100 valence electrons. The molecule has 3 nitrogen and oxygen atoms in total. The van der Waals surface area contributed by atoms with Crippen molar-refractivity contribution in [3.8, 4) is 0 Å². The Morgan fingerprint density at radius 1 is 1.25 bits per heavy atom. The molecule has 0 spiro atoms. The lowest BCUT2D eigenvalue weighted by Gasteiger charge is -2.07. The summed E-state index contributed by atoms with van der Waals surface area (Å²) in [5.41, 5.74) is 1.53. The number of aromatic nitrogens is 1. The number of halogens is 1. The van der Waals surface area contributed by atoms with E-state index < -0.39 is 0 Å². The van der Waals surface area contributed by atoms with Crippen molar-refractivity contribution >= 4 is 39.8 Å². The average molecular weight is 304 g/mol. The lowest BCUT2D eigenvalue weighted by Crippen LogP contribution is -2.04. The fraction of sp³-hybridized carbons (Fsp3) is 0.0667. The van der Waals surface area contributed by atoms with Gasteiger partial charge in [-0.05, 0) is 23.6 Å². The number of fused-ring (bicyclic) bond motifs is 1. The molecule has 0 saturated heterocycles. The number of nitrogens with zero attached hydrogens (tertiary/aromatic N) is 1. The maximum absolute atomic E-state index is 11.8. The van der Waals surface area contributed by atoms with Gasteiger partial charge in [-0.15, -0.1) is 11.3 Å². The molecule has 0 fully saturated rings. The zero-order valence-corrected chi connectivity index (χ0v) is 11.9. The minimum absolute atomic E-state index is 0.118. The van der Waals surface area contributed by atoms with Crippen molar-refractivity contribution in [2.45, 2.75) is 6.61 Å². The number of pyridine rings is 1. The molecule has 20 heavy (non-hydrogen) atoms. The van der Waals surface area contributed by atoms with Crippen LogP contribution in [0.2, 0.25) is 5.15 Å². The van der Waals surface area contributed by atoms with Crippen LogP contribution in [0.4, 0.5) is 0 Å². The molecular formula is C15H10ClNO2S. The van der Waals surface area contributed by atoms with Gasteiger partial charge in [0.15, 0.2) is 0 Å². The van der Waals surface area contributed by atoms with Crippen molar-refractivity contribution < 1.29 is 9.53 Å². The minimum atomic E-state index is -0.343. The first kappa shape index (κ1) is 13.1. The predicted molar refractivity (Wildman–Crippen MR) is 80.2 cm³/mol. The number of ether oxygens (including phenoxy) is 1. The summed E-state index contributed by atoms with van der Waals surface area (Å²) in [7, 11) is 0. The van der Waals surface area contributed by atoms with Gasteiger partial charge in [-0.1, -0.05) is 35.9 Å². The molecule has 2 aromatic heterocycles. The van der Waals surface area contributed by atoms with Crippen molar-refractivity contribution in [2.24, 2.45) is 0 Å². The predicted octanol–water partition coefficient (Wildman–Crippen LogP) is 4.31. The van der Waals surface area contributed by atoms with Crippen molar-refractivity contribution in [1.29, 1.82) is 0 Å². The number of thiophene rings is 1. The molecule has 1 aromatic carbocycles. The van der Waals surface area contributed by atoms with E-state index in [1.807, 2.05) is 41.8 Å². The first-order valence-electron chi connectivity index (χ1n) is 5.99. The highest BCUT2D eigenvalue weighted by molar-refractivity contribution is 7.11. The van der Waals surface area contributed by atoms with E-state index >= 15 is 0 Å². The summed E-state index contributed by atoms with van der Waals surface area (Å²) >= 11 is 7.46. The zero-order valence-electron chi connectivity index (χ0n) is 10.4. The van der Waals surface area contributed by atoms with Crippen LogP contribution < -0.4 is 0 Å². The Balaban J connectivity index is 1.80. The highest BCUT2D eigenvalue weighted by atomic mass is 35.5. The number of carbonyl (C=O) groups excluding carboxylic acids is 1. The van der Waals surface area contributed by atoms with Crippen LogP contribution in [0.25, 0.3) is 10.9 Å². The summed E-state index contributed by atoms with van der Waals surface area (Å²) in [6, 6.07) is 13.1. The maximum Gasteiger partial charge on any atom is 0.348 e. The van der Waals surface area contributed by atoms with Crippen LogP contribution in [0.5, 0.6) is 0 Å². The molecule has 0 aliphatic rings. The third-order valence-electron chi connectivity index (χ3n) is 2.83. The van der Waals surface area contributed by atoms with Crippen LogP contribution in [-0.2, 0) is 11.3 Å². The largest absolute Gasteiger partial charge is 0.457 e. The van der Waals surface area contributed by atoms with E-state index in [1.54, 1.807) is 6.07 Å². The topological polar surface area (TPSA) is 39.2 Å². The number of hydrogen-bond donors (Lipinski definition) is 0. The molecule has 3 aromatic rings. The van der Waals surface area contributed by atoms with E-state index in [9.17, 15) is 4.79 Å². The Hall–Kier alpha value is -1.91. The molecular weight excluding hydrogens is 294 g/mol. The molecule has 5 heteroatoms. The monoisotopic (exact) mass is 303 g/mol. The van der Waals surface area contributed by atoms with Crippen LogP contribution in [0.1, 0.15) is 15.2 Å². The van der Waals surface area contributed by atoms with Gasteiger partial charge in [0.2, 0.25) is 0 Å². The Bertz CT molecular complexity index is 756. The van der Waals surface area contributed by atoms with Crippen molar-refractivity contribution in [2.75, 3.05) is 0 Å². The van der Waals surface area contributed by atoms with Gasteiger partial charge >= 0.3 is 5.97 Å². The molecule has 0 aliphatic carbocycles. The minimum Gasteiger partial charge on any atom is -0.457 e. The SMILES string of the molecule is O=C(OCc1cc2ccccc2nc1Cl)c1cccs1. The molecule has 0 saturated carbocycles. The van der Waals surface area contributed by atoms with Crippen LogP contribution >= 0.6 is 22.9 Å². The highest BCUT2D eigenvalue weighted by Gasteiger charge is 2.11. The zero-order chi connectivity index (χ0) is 13.9. The van der Waals surface area contributed by atoms with Gasteiger partial charge in [-0.25, -0.2) is 9.78 Å². The lowest BCUT2D eigenvalue weighted by atomic mass is 10.2. The van der Waals surface area contributed by atoms with Gasteiger partial charge in [0, 0.05) is 10.9 Å². The Morgan fingerprint density at radius 2 is 2.10 bits per heavy atom. The molecule has 0 amide bonds. The number of esters is 1. The third-order valence-corrected chi connectivity index (χ3v) is 4.01. The number of para-hydroxylation sites is 1. The Kier molecular flexibility index (Phi) is 3.67. The van der Waals surface area contributed by atoms with Gasteiger partial charge in [-0.2, -0.15) is 0 Å². The van der Waals surface area contributed by atoms with Crippen LogP contribution in [0.3, 0.4) is 0 Å². The van der Waals surface area contributed by atoms with E-state index in [0.717, 1.165) is 10.9 Å². The second-order valence-electron chi connectivity index (χ2n) is 4.18. The van der Waals surface area contributed by atoms with E-state index in [0.29, 0.717) is 15.6 Å². The standard InChI is InChI=1S/C15H10ClNO2S/c16-14-11(8-10-4-1-2-5-12(10)17-14)9-19-15(18)13-6-3-7-20-13/h1-8H,9H2. The van der Waals surface area contributed by atoms with E-state index in [-0.39, 0.29) is 12.6 Å². The van der Waals surface area contributed by atoms with Gasteiger partial charge < -0.3 is 4.74 Å². The summed E-state index contributed by atoms with van der Waals surface area (Å²) in [5, 5.41) is 3.17. The summed E-state index contributed by atoms with van der Waals surface area (Å²) in [6.07, 6.45) is 0. The highest BCUT2D eigenvalue weighted by Crippen LogP contribution is 2.21. The summed E-state index contributed by atoms with van der Waals surface area (Å²) < 4.78 is 5.25. The Labute approximate surface area is 124 Å². The normalized spacial score (nSPS) is 10.7. The van der Waals surface area contributed by atoms with Gasteiger partial charge in [0.25, 0.3) is 0 Å². The lowest BCUT2D eigenvalue weighted by molar-refractivity contribution is 0.0478. The van der Waals surface area contributed by atoms with Gasteiger partial charge in [0.05, 0.1) is 5.52 Å². The molecule has 0 unspecified atom stereocenters. The number of rotatable bonds is 3. The number of hydrogen-bond acceptors (Lipinski definition) is 4. The fourth-order valence-corrected chi connectivity index (χ4v) is 2.66. The number of benzene rings is 1. The smallest absolute Gasteiger partial charge is 0.348 e. The van der Waals surface area contributed by atoms with Crippen LogP contribution in [0, 0.1) is 0 Å². The molecule has 3 rings (SSSR count). The second-order valence-corrected chi connectivity index (χ2v) is 5.49. The first-order chi connectivity index (χ1) is 9.74.